The third-order valence-corrected chi connectivity index (χ3v) is 4.72. The van der Waals surface area contributed by atoms with E-state index in [0.29, 0.717) is 12.2 Å². The van der Waals surface area contributed by atoms with E-state index in [9.17, 15) is 4.79 Å². The van der Waals surface area contributed by atoms with Crippen molar-refractivity contribution in [3.8, 4) is 11.1 Å². The lowest BCUT2D eigenvalue weighted by Crippen LogP contribution is -2.33. The summed E-state index contributed by atoms with van der Waals surface area (Å²) >= 11 is 3.54. The zero-order valence-corrected chi connectivity index (χ0v) is 15.0. The number of nitrogens with two attached hydrogens (primary N) is 2. The third-order valence-electron chi connectivity index (χ3n) is 4.09. The number of carbonyl (C=O) groups excluding carboxylic acids is 1. The SMILES string of the molecule is CC(C)(Cc1cc(-c2cc(Br)c3[nH]nc(N)c3c2)ccn1)C(N)=O. The maximum Gasteiger partial charge on any atom is 0.223 e. The van der Waals surface area contributed by atoms with E-state index in [1.165, 1.54) is 0 Å². The molecule has 3 aromatic rings. The maximum absolute atomic E-state index is 11.5. The topological polar surface area (TPSA) is 111 Å². The number of aromatic nitrogens is 3. The Hall–Kier alpha value is -2.41. The van der Waals surface area contributed by atoms with Crippen molar-refractivity contribution < 1.29 is 4.79 Å². The van der Waals surface area contributed by atoms with Crippen LogP contribution in [-0.2, 0) is 11.2 Å². The lowest BCUT2D eigenvalue weighted by molar-refractivity contribution is -0.125. The van der Waals surface area contributed by atoms with E-state index in [-0.39, 0.29) is 5.91 Å². The highest BCUT2D eigenvalue weighted by atomic mass is 79.9. The molecule has 0 saturated carbocycles. The van der Waals surface area contributed by atoms with Crippen LogP contribution in [0.25, 0.3) is 22.0 Å². The van der Waals surface area contributed by atoms with Crippen molar-refractivity contribution in [3.63, 3.8) is 0 Å². The monoisotopic (exact) mass is 387 g/mol. The third kappa shape index (κ3) is 2.99. The van der Waals surface area contributed by atoms with Crippen LogP contribution in [-0.4, -0.2) is 21.1 Å². The van der Waals surface area contributed by atoms with Crippen LogP contribution in [0.3, 0.4) is 0 Å². The number of nitrogen functional groups attached to an aromatic ring is 1. The number of carbonyl (C=O) groups is 1. The minimum Gasteiger partial charge on any atom is -0.382 e. The molecule has 124 valence electrons. The summed E-state index contributed by atoms with van der Waals surface area (Å²) in [6, 6.07) is 7.87. The van der Waals surface area contributed by atoms with E-state index >= 15 is 0 Å². The van der Waals surface area contributed by atoms with Gasteiger partial charge in [-0.3, -0.25) is 14.9 Å². The minimum atomic E-state index is -0.648. The Morgan fingerprint density at radius 3 is 2.75 bits per heavy atom. The fraction of sp³-hybridized carbons (Fsp3) is 0.235. The average molecular weight is 388 g/mol. The zero-order chi connectivity index (χ0) is 17.5. The van der Waals surface area contributed by atoms with Crippen molar-refractivity contribution in [2.75, 3.05) is 5.73 Å². The lowest BCUT2D eigenvalue weighted by atomic mass is 9.86. The molecule has 0 aliphatic rings. The molecular formula is C17H18BrN5O. The molecule has 1 aromatic carbocycles. The van der Waals surface area contributed by atoms with Gasteiger partial charge >= 0.3 is 0 Å². The summed E-state index contributed by atoms with van der Waals surface area (Å²) in [5.41, 5.74) is 14.4. The standard InChI is InChI=1S/C17H18BrN5O/c1-17(2,16(20)24)8-11-5-9(3-4-21-11)10-6-12-14(13(18)7-10)22-23-15(12)19/h3-7H,8H2,1-2H3,(H2,20,24)(H3,19,22,23). The fourth-order valence-electron chi connectivity index (χ4n) is 2.56. The molecular weight excluding hydrogens is 370 g/mol. The number of amides is 1. The highest BCUT2D eigenvalue weighted by Gasteiger charge is 2.26. The van der Waals surface area contributed by atoms with Gasteiger partial charge < -0.3 is 11.5 Å². The lowest BCUT2D eigenvalue weighted by Gasteiger charge is -2.19. The summed E-state index contributed by atoms with van der Waals surface area (Å²) in [5, 5.41) is 7.80. The summed E-state index contributed by atoms with van der Waals surface area (Å²) in [4.78, 5) is 15.9. The number of rotatable bonds is 4. The number of primary amides is 1. The predicted octanol–water partition coefficient (Wildman–Crippen LogP) is 3.02. The van der Waals surface area contributed by atoms with E-state index < -0.39 is 5.41 Å². The molecule has 24 heavy (non-hydrogen) atoms. The average Bonchev–Trinajstić information content (AvgIpc) is 2.89. The van der Waals surface area contributed by atoms with E-state index in [2.05, 4.69) is 31.1 Å². The fourth-order valence-corrected chi connectivity index (χ4v) is 3.11. The summed E-state index contributed by atoms with van der Waals surface area (Å²) in [6.07, 6.45) is 2.21. The summed E-state index contributed by atoms with van der Waals surface area (Å²) in [6.45, 7) is 3.64. The number of halogens is 1. The van der Waals surface area contributed by atoms with Crippen molar-refractivity contribution >= 4 is 38.6 Å². The molecule has 2 heterocycles. The van der Waals surface area contributed by atoms with Crippen molar-refractivity contribution in [3.05, 3.63) is 40.6 Å². The Kier molecular flexibility index (Phi) is 4.04. The van der Waals surface area contributed by atoms with E-state index in [0.717, 1.165) is 32.2 Å². The van der Waals surface area contributed by atoms with E-state index in [1.54, 1.807) is 6.20 Å². The van der Waals surface area contributed by atoms with Gasteiger partial charge in [0.1, 0.15) is 0 Å². The van der Waals surface area contributed by atoms with Gasteiger partial charge in [-0.05, 0) is 51.3 Å². The molecule has 0 saturated heterocycles. The number of H-pyrrole nitrogens is 1. The first-order chi connectivity index (χ1) is 11.3. The molecule has 0 aliphatic heterocycles. The Labute approximate surface area is 147 Å². The van der Waals surface area contributed by atoms with Crippen LogP contribution < -0.4 is 11.5 Å². The van der Waals surface area contributed by atoms with Crippen LogP contribution in [0.1, 0.15) is 19.5 Å². The van der Waals surface area contributed by atoms with Gasteiger partial charge in [0.25, 0.3) is 0 Å². The van der Waals surface area contributed by atoms with Crippen LogP contribution in [0.5, 0.6) is 0 Å². The summed E-state index contributed by atoms with van der Waals surface area (Å²) in [5.74, 6) is 0.113. The molecule has 2 aromatic heterocycles. The molecule has 0 atom stereocenters. The number of hydrogen-bond acceptors (Lipinski definition) is 4. The van der Waals surface area contributed by atoms with Crippen LogP contribution >= 0.6 is 15.9 Å². The molecule has 1 amide bonds. The second-order valence-corrected chi connectivity index (χ2v) is 7.30. The van der Waals surface area contributed by atoms with E-state index in [4.69, 9.17) is 11.5 Å². The Bertz CT molecular complexity index is 932. The number of benzene rings is 1. The Balaban J connectivity index is 2.03. The first-order valence-corrected chi connectivity index (χ1v) is 8.25. The quantitative estimate of drug-likeness (QED) is 0.638. The number of nitrogens with zero attached hydrogens (tertiary/aromatic N) is 2. The number of nitrogens with one attached hydrogen (secondary N) is 1. The normalized spacial score (nSPS) is 11.8. The second kappa shape index (κ2) is 5.90. The van der Waals surface area contributed by atoms with Crippen molar-refractivity contribution in [1.82, 2.24) is 15.2 Å². The largest absolute Gasteiger partial charge is 0.382 e. The zero-order valence-electron chi connectivity index (χ0n) is 13.4. The Morgan fingerprint density at radius 1 is 1.29 bits per heavy atom. The molecule has 7 heteroatoms. The van der Waals surface area contributed by atoms with Gasteiger partial charge in [0.15, 0.2) is 5.82 Å². The van der Waals surface area contributed by atoms with Gasteiger partial charge in [-0.2, -0.15) is 5.10 Å². The molecule has 0 bridgehead atoms. The van der Waals surface area contributed by atoms with Gasteiger partial charge in [-0.15, -0.1) is 0 Å². The van der Waals surface area contributed by atoms with Crippen LogP contribution in [0, 0.1) is 5.41 Å². The summed E-state index contributed by atoms with van der Waals surface area (Å²) < 4.78 is 0.884. The molecule has 5 N–H and O–H groups in total. The molecule has 0 unspecified atom stereocenters. The molecule has 3 rings (SSSR count). The number of pyridine rings is 1. The van der Waals surface area contributed by atoms with Gasteiger partial charge in [-0.1, -0.05) is 13.8 Å². The van der Waals surface area contributed by atoms with Crippen molar-refractivity contribution in [1.29, 1.82) is 0 Å². The molecule has 0 aliphatic carbocycles. The van der Waals surface area contributed by atoms with Crippen LogP contribution in [0.4, 0.5) is 5.82 Å². The summed E-state index contributed by atoms with van der Waals surface area (Å²) in [7, 11) is 0. The number of anilines is 1. The first kappa shape index (κ1) is 16.4. The molecule has 0 fully saturated rings. The smallest absolute Gasteiger partial charge is 0.223 e. The highest BCUT2D eigenvalue weighted by molar-refractivity contribution is 9.10. The maximum atomic E-state index is 11.5. The van der Waals surface area contributed by atoms with Gasteiger partial charge in [0, 0.05) is 33.6 Å². The van der Waals surface area contributed by atoms with Gasteiger partial charge in [-0.25, -0.2) is 0 Å². The molecule has 0 radical (unpaired) electrons. The minimum absolute atomic E-state index is 0.343. The number of aromatic amines is 1. The van der Waals surface area contributed by atoms with Gasteiger partial charge in [0.05, 0.1) is 5.52 Å². The predicted molar refractivity (Wildman–Crippen MR) is 98.1 cm³/mol. The first-order valence-electron chi connectivity index (χ1n) is 7.46. The van der Waals surface area contributed by atoms with Crippen LogP contribution in [0.15, 0.2) is 34.9 Å². The van der Waals surface area contributed by atoms with Crippen molar-refractivity contribution in [2.45, 2.75) is 20.3 Å². The van der Waals surface area contributed by atoms with Crippen LogP contribution in [0.2, 0.25) is 0 Å². The van der Waals surface area contributed by atoms with Gasteiger partial charge in [0.2, 0.25) is 5.91 Å². The second-order valence-electron chi connectivity index (χ2n) is 6.45. The van der Waals surface area contributed by atoms with Crippen molar-refractivity contribution in [2.24, 2.45) is 11.1 Å². The van der Waals surface area contributed by atoms with E-state index in [1.807, 2.05) is 38.1 Å². The Morgan fingerprint density at radius 2 is 2.04 bits per heavy atom. The highest BCUT2D eigenvalue weighted by Crippen LogP contribution is 2.33. The number of fused-ring (bicyclic) bond motifs is 1. The number of hydrogen-bond donors (Lipinski definition) is 3. The molecule has 0 spiro atoms. The molecule has 6 nitrogen and oxygen atoms in total.